The molecule has 0 unspecified atom stereocenters. The van der Waals surface area contributed by atoms with Gasteiger partial charge in [-0.15, -0.1) is 0 Å². The van der Waals surface area contributed by atoms with Crippen molar-refractivity contribution in [2.45, 2.75) is 19.4 Å². The molecular formula is C23H22BrNO7. The molecule has 0 saturated carbocycles. The van der Waals surface area contributed by atoms with Crippen LogP contribution in [0, 0.1) is 0 Å². The van der Waals surface area contributed by atoms with Crippen LogP contribution in [0.15, 0.2) is 56.1 Å². The van der Waals surface area contributed by atoms with Gasteiger partial charge in [0.1, 0.15) is 11.3 Å². The van der Waals surface area contributed by atoms with Crippen molar-refractivity contribution in [1.29, 1.82) is 0 Å². The van der Waals surface area contributed by atoms with Gasteiger partial charge in [0.05, 0.1) is 33.3 Å². The number of halogens is 1. The van der Waals surface area contributed by atoms with E-state index in [1.54, 1.807) is 50.4 Å². The van der Waals surface area contributed by atoms with E-state index in [2.05, 4.69) is 21.2 Å². The molecule has 1 aromatic heterocycles. The van der Waals surface area contributed by atoms with Crippen LogP contribution in [0.1, 0.15) is 35.3 Å². The SMILES string of the molecule is CCOC(=O)C[C@@H](NC(=O)c1cc2cc(Br)cc(OC)c2oc1=O)c1ccc(OC)cc1. The molecule has 168 valence electrons. The van der Waals surface area contributed by atoms with Crippen LogP contribution in [0.25, 0.3) is 11.0 Å². The minimum absolute atomic E-state index is 0.107. The van der Waals surface area contributed by atoms with Crippen LogP contribution in [-0.4, -0.2) is 32.7 Å². The fourth-order valence-corrected chi connectivity index (χ4v) is 3.64. The molecule has 0 radical (unpaired) electrons. The van der Waals surface area contributed by atoms with Crippen LogP contribution in [-0.2, 0) is 9.53 Å². The Bertz CT molecular complexity index is 1190. The van der Waals surface area contributed by atoms with Gasteiger partial charge >= 0.3 is 11.6 Å². The first kappa shape index (κ1) is 23.3. The standard InChI is InChI=1S/C23H22BrNO7/c1-4-31-20(26)12-18(13-5-7-16(29-2)8-6-13)25-22(27)17-10-14-9-15(24)11-19(30-3)21(14)32-23(17)28/h5-11,18H,4,12H2,1-3H3,(H,25,27)/t18-/m1/s1. The van der Waals surface area contributed by atoms with Gasteiger partial charge in [0, 0.05) is 9.86 Å². The minimum Gasteiger partial charge on any atom is -0.497 e. The lowest BCUT2D eigenvalue weighted by Crippen LogP contribution is -2.33. The van der Waals surface area contributed by atoms with Crippen molar-refractivity contribution >= 4 is 38.8 Å². The van der Waals surface area contributed by atoms with Gasteiger partial charge in [-0.05, 0) is 42.8 Å². The molecule has 1 N–H and O–H groups in total. The Kier molecular flexibility index (Phi) is 7.53. The van der Waals surface area contributed by atoms with Gasteiger partial charge in [0.2, 0.25) is 0 Å². The smallest absolute Gasteiger partial charge is 0.349 e. The summed E-state index contributed by atoms with van der Waals surface area (Å²) in [6, 6.07) is 11.0. The average Bonchev–Trinajstić information content (AvgIpc) is 2.78. The van der Waals surface area contributed by atoms with Gasteiger partial charge < -0.3 is 23.9 Å². The van der Waals surface area contributed by atoms with Gasteiger partial charge in [-0.25, -0.2) is 4.79 Å². The first-order valence-corrected chi connectivity index (χ1v) is 10.6. The van der Waals surface area contributed by atoms with Gasteiger partial charge in [-0.2, -0.15) is 0 Å². The Hall–Kier alpha value is -3.33. The average molecular weight is 504 g/mol. The largest absolute Gasteiger partial charge is 0.497 e. The van der Waals surface area contributed by atoms with Crippen molar-refractivity contribution in [3.8, 4) is 11.5 Å². The van der Waals surface area contributed by atoms with E-state index in [0.29, 0.717) is 26.9 Å². The molecule has 32 heavy (non-hydrogen) atoms. The number of carbonyl (C=O) groups is 2. The van der Waals surface area contributed by atoms with E-state index < -0.39 is 23.5 Å². The predicted molar refractivity (Wildman–Crippen MR) is 121 cm³/mol. The molecule has 3 aromatic rings. The van der Waals surface area contributed by atoms with Gasteiger partial charge in [-0.3, -0.25) is 9.59 Å². The van der Waals surface area contributed by atoms with E-state index in [0.717, 1.165) is 0 Å². The molecule has 0 spiro atoms. The highest BCUT2D eigenvalue weighted by Gasteiger charge is 2.23. The van der Waals surface area contributed by atoms with E-state index in [9.17, 15) is 14.4 Å². The molecule has 0 fully saturated rings. The zero-order valence-electron chi connectivity index (χ0n) is 17.8. The summed E-state index contributed by atoms with van der Waals surface area (Å²) < 4.78 is 21.5. The molecule has 9 heteroatoms. The fraction of sp³-hybridized carbons (Fsp3) is 0.261. The summed E-state index contributed by atoms with van der Waals surface area (Å²) >= 11 is 3.37. The summed E-state index contributed by atoms with van der Waals surface area (Å²) in [5.74, 6) is -0.168. The second-order valence-electron chi connectivity index (χ2n) is 6.78. The van der Waals surface area contributed by atoms with Gasteiger partial charge in [-0.1, -0.05) is 28.1 Å². The summed E-state index contributed by atoms with van der Waals surface area (Å²) in [5.41, 5.74) is -0.127. The Morgan fingerprint density at radius 3 is 2.44 bits per heavy atom. The number of amides is 1. The number of ether oxygens (including phenoxy) is 3. The van der Waals surface area contributed by atoms with Crippen molar-refractivity contribution < 1.29 is 28.2 Å². The normalized spacial score (nSPS) is 11.6. The zero-order valence-corrected chi connectivity index (χ0v) is 19.4. The number of rotatable bonds is 8. The zero-order chi connectivity index (χ0) is 23.3. The second-order valence-corrected chi connectivity index (χ2v) is 7.70. The molecule has 0 aliphatic rings. The van der Waals surface area contributed by atoms with Gasteiger partial charge in [0.25, 0.3) is 5.91 Å². The van der Waals surface area contributed by atoms with Crippen molar-refractivity contribution in [1.82, 2.24) is 5.32 Å². The Morgan fingerprint density at radius 2 is 1.81 bits per heavy atom. The third kappa shape index (κ3) is 5.28. The molecule has 8 nitrogen and oxygen atoms in total. The van der Waals surface area contributed by atoms with Crippen LogP contribution in [0.5, 0.6) is 11.5 Å². The number of hydrogen-bond donors (Lipinski definition) is 1. The third-order valence-corrected chi connectivity index (χ3v) is 5.18. The molecular weight excluding hydrogens is 482 g/mol. The highest BCUT2D eigenvalue weighted by molar-refractivity contribution is 9.10. The molecule has 0 aliphatic heterocycles. The molecule has 1 atom stereocenters. The quantitative estimate of drug-likeness (QED) is 0.365. The van der Waals surface area contributed by atoms with E-state index in [1.807, 2.05) is 0 Å². The molecule has 0 aliphatic carbocycles. The lowest BCUT2D eigenvalue weighted by Gasteiger charge is -2.19. The van der Waals surface area contributed by atoms with Crippen LogP contribution in [0.4, 0.5) is 0 Å². The van der Waals surface area contributed by atoms with Crippen molar-refractivity contribution in [2.75, 3.05) is 20.8 Å². The van der Waals surface area contributed by atoms with E-state index >= 15 is 0 Å². The van der Waals surface area contributed by atoms with Crippen molar-refractivity contribution in [2.24, 2.45) is 0 Å². The lowest BCUT2D eigenvalue weighted by molar-refractivity contribution is -0.143. The number of hydrogen-bond acceptors (Lipinski definition) is 7. The van der Waals surface area contributed by atoms with Crippen LogP contribution in [0.3, 0.4) is 0 Å². The number of nitrogens with one attached hydrogen (secondary N) is 1. The topological polar surface area (TPSA) is 104 Å². The van der Waals surface area contributed by atoms with Crippen LogP contribution < -0.4 is 20.4 Å². The Labute approximate surface area is 192 Å². The number of carbonyl (C=O) groups excluding carboxylic acids is 2. The van der Waals surface area contributed by atoms with Crippen molar-refractivity contribution in [3.05, 3.63) is 68.5 Å². The number of esters is 1. The third-order valence-electron chi connectivity index (χ3n) is 4.73. The Morgan fingerprint density at radius 1 is 1.09 bits per heavy atom. The summed E-state index contributed by atoms with van der Waals surface area (Å²) in [6.07, 6.45) is -0.107. The summed E-state index contributed by atoms with van der Waals surface area (Å²) in [5, 5.41) is 3.25. The second kappa shape index (κ2) is 10.3. The fourth-order valence-electron chi connectivity index (χ4n) is 3.19. The maximum absolute atomic E-state index is 13.0. The van der Waals surface area contributed by atoms with E-state index in [-0.39, 0.29) is 24.2 Å². The van der Waals surface area contributed by atoms with Crippen LogP contribution in [0.2, 0.25) is 0 Å². The van der Waals surface area contributed by atoms with E-state index in [1.165, 1.54) is 13.2 Å². The molecule has 1 heterocycles. The molecule has 2 aromatic carbocycles. The summed E-state index contributed by atoms with van der Waals surface area (Å²) in [7, 11) is 3.00. The van der Waals surface area contributed by atoms with Gasteiger partial charge in [0.15, 0.2) is 11.3 Å². The van der Waals surface area contributed by atoms with Crippen LogP contribution >= 0.6 is 15.9 Å². The summed E-state index contributed by atoms with van der Waals surface area (Å²) in [4.78, 5) is 37.7. The highest BCUT2D eigenvalue weighted by atomic mass is 79.9. The maximum atomic E-state index is 13.0. The maximum Gasteiger partial charge on any atom is 0.349 e. The van der Waals surface area contributed by atoms with Crippen molar-refractivity contribution in [3.63, 3.8) is 0 Å². The highest BCUT2D eigenvalue weighted by Crippen LogP contribution is 2.30. The predicted octanol–water partition coefficient (Wildman–Crippen LogP) is 4.00. The monoisotopic (exact) mass is 503 g/mol. The minimum atomic E-state index is -0.819. The van der Waals surface area contributed by atoms with E-state index in [4.69, 9.17) is 18.6 Å². The molecule has 0 saturated heterocycles. The molecule has 1 amide bonds. The number of benzene rings is 2. The first-order valence-electron chi connectivity index (χ1n) is 9.78. The summed E-state index contributed by atoms with van der Waals surface area (Å²) in [6.45, 7) is 1.92. The number of fused-ring (bicyclic) bond motifs is 1. The lowest BCUT2D eigenvalue weighted by atomic mass is 10.0. The molecule has 3 rings (SSSR count). The Balaban J connectivity index is 1.95. The number of methoxy groups -OCH3 is 2. The first-order chi connectivity index (χ1) is 15.4. The molecule has 0 bridgehead atoms.